The molecule has 2 atom stereocenters. The molecule has 3 nitrogen and oxygen atoms in total. The van der Waals surface area contributed by atoms with Gasteiger partial charge in [-0.1, -0.05) is 36.4 Å². The summed E-state index contributed by atoms with van der Waals surface area (Å²) in [6, 6.07) is 15.1. The summed E-state index contributed by atoms with van der Waals surface area (Å²) >= 11 is 1.87. The molecule has 4 heterocycles. The Bertz CT molecular complexity index is 822. The summed E-state index contributed by atoms with van der Waals surface area (Å²) < 4.78 is 2.46. The third-order valence-electron chi connectivity index (χ3n) is 5.48. The second-order valence-electron chi connectivity index (χ2n) is 7.03. The molecular weight excluding hydrogens is 314 g/mol. The minimum atomic E-state index is 0.758. The van der Waals surface area contributed by atoms with Gasteiger partial charge in [0.05, 0.1) is 11.9 Å². The molecule has 1 aromatic carbocycles. The molecule has 1 fully saturated rings. The van der Waals surface area contributed by atoms with E-state index < -0.39 is 0 Å². The fraction of sp³-hybridized carbons (Fsp3) is 0.350. The van der Waals surface area contributed by atoms with Gasteiger partial charge >= 0.3 is 0 Å². The van der Waals surface area contributed by atoms with Crippen molar-refractivity contribution in [1.29, 1.82) is 0 Å². The van der Waals surface area contributed by atoms with E-state index in [-0.39, 0.29) is 0 Å². The molecule has 0 unspecified atom stereocenters. The Morgan fingerprint density at radius 2 is 1.88 bits per heavy atom. The van der Waals surface area contributed by atoms with Gasteiger partial charge in [-0.3, -0.25) is 4.90 Å². The standard InChI is InChI=1S/C20H21N3S/c1-2-5-15(6-3-1)19-10-21-20-9-16-11-22(12-17(16)13-23(19)20)14-18-7-4-8-24-18/h1-8,10,16-17H,9,11-14H2/t16-,17-/m1/s1. The van der Waals surface area contributed by atoms with Crippen LogP contribution in [0.15, 0.2) is 54.0 Å². The van der Waals surface area contributed by atoms with Gasteiger partial charge in [0.2, 0.25) is 0 Å². The van der Waals surface area contributed by atoms with E-state index in [0.29, 0.717) is 0 Å². The third kappa shape index (κ3) is 2.50. The first-order chi connectivity index (χ1) is 11.9. The highest BCUT2D eigenvalue weighted by Gasteiger charge is 2.37. The zero-order valence-electron chi connectivity index (χ0n) is 13.6. The van der Waals surface area contributed by atoms with Crippen LogP contribution < -0.4 is 0 Å². The van der Waals surface area contributed by atoms with Crippen LogP contribution in [0.1, 0.15) is 10.7 Å². The molecule has 24 heavy (non-hydrogen) atoms. The van der Waals surface area contributed by atoms with Crippen molar-refractivity contribution in [2.75, 3.05) is 13.1 Å². The van der Waals surface area contributed by atoms with Gasteiger partial charge in [-0.05, 0) is 28.8 Å². The van der Waals surface area contributed by atoms with Gasteiger partial charge in [0.25, 0.3) is 0 Å². The van der Waals surface area contributed by atoms with Gasteiger partial charge in [0, 0.05) is 37.5 Å². The Kier molecular flexibility index (Phi) is 3.53. The van der Waals surface area contributed by atoms with Gasteiger partial charge in [-0.2, -0.15) is 0 Å². The minimum absolute atomic E-state index is 0.758. The number of rotatable bonds is 3. The van der Waals surface area contributed by atoms with E-state index in [1.807, 2.05) is 11.3 Å². The lowest BCUT2D eigenvalue weighted by Gasteiger charge is -2.27. The normalized spacial score (nSPS) is 23.2. The molecule has 2 aliphatic rings. The van der Waals surface area contributed by atoms with Crippen LogP contribution in [0.4, 0.5) is 0 Å². The fourth-order valence-electron chi connectivity index (χ4n) is 4.32. The van der Waals surface area contributed by atoms with Gasteiger partial charge in [0.15, 0.2) is 0 Å². The lowest BCUT2D eigenvalue weighted by atomic mass is 9.89. The molecule has 0 bridgehead atoms. The summed E-state index contributed by atoms with van der Waals surface area (Å²) in [4.78, 5) is 8.86. The first kappa shape index (κ1) is 14.4. The summed E-state index contributed by atoms with van der Waals surface area (Å²) in [5, 5.41) is 2.18. The Morgan fingerprint density at radius 3 is 2.71 bits per heavy atom. The molecular formula is C20H21N3S. The smallest absolute Gasteiger partial charge is 0.109 e. The summed E-state index contributed by atoms with van der Waals surface area (Å²) in [5.74, 6) is 2.80. The quantitative estimate of drug-likeness (QED) is 0.723. The predicted molar refractivity (Wildman–Crippen MR) is 97.9 cm³/mol. The van der Waals surface area contributed by atoms with Crippen LogP contribution in [0, 0.1) is 11.8 Å². The Balaban J connectivity index is 1.37. The third-order valence-corrected chi connectivity index (χ3v) is 6.34. The van der Waals surface area contributed by atoms with Crippen LogP contribution in [-0.4, -0.2) is 27.5 Å². The van der Waals surface area contributed by atoms with E-state index in [1.165, 1.54) is 35.0 Å². The largest absolute Gasteiger partial charge is 0.328 e. The molecule has 4 heteroatoms. The monoisotopic (exact) mass is 335 g/mol. The number of thiophene rings is 1. The molecule has 0 N–H and O–H groups in total. The molecule has 0 saturated carbocycles. The first-order valence-corrected chi connectivity index (χ1v) is 9.59. The lowest BCUT2D eigenvalue weighted by Crippen LogP contribution is -2.28. The summed E-state index contributed by atoms with van der Waals surface area (Å²) in [6.07, 6.45) is 3.19. The average Bonchev–Trinajstić information content (AvgIpc) is 3.32. The molecule has 5 rings (SSSR count). The average molecular weight is 335 g/mol. The van der Waals surface area contributed by atoms with Crippen molar-refractivity contribution in [3.8, 4) is 11.3 Å². The first-order valence-electron chi connectivity index (χ1n) is 8.71. The van der Waals surface area contributed by atoms with Crippen LogP contribution in [0.25, 0.3) is 11.3 Å². The lowest BCUT2D eigenvalue weighted by molar-refractivity contribution is 0.308. The summed E-state index contributed by atoms with van der Waals surface area (Å²) in [6.45, 7) is 4.66. The van der Waals surface area contributed by atoms with Crippen LogP contribution in [0.5, 0.6) is 0 Å². The number of imidazole rings is 1. The SMILES string of the molecule is c1ccc(-c2cnc3n2C[C@H]2CN(Cc4cccs4)C[C@H]2C3)cc1. The maximum atomic E-state index is 4.74. The highest BCUT2D eigenvalue weighted by atomic mass is 32.1. The van der Waals surface area contributed by atoms with Gasteiger partial charge in [-0.15, -0.1) is 11.3 Å². The molecule has 0 spiro atoms. The highest BCUT2D eigenvalue weighted by Crippen LogP contribution is 2.35. The zero-order valence-corrected chi connectivity index (χ0v) is 14.5. The number of hydrogen-bond donors (Lipinski definition) is 0. The van der Waals surface area contributed by atoms with Crippen molar-refractivity contribution in [2.24, 2.45) is 11.8 Å². The van der Waals surface area contributed by atoms with E-state index in [0.717, 1.165) is 31.3 Å². The molecule has 1 saturated heterocycles. The Labute approximate surface area is 146 Å². The van der Waals surface area contributed by atoms with E-state index in [4.69, 9.17) is 4.98 Å². The minimum Gasteiger partial charge on any atom is -0.328 e. The van der Waals surface area contributed by atoms with Crippen LogP contribution in [0.3, 0.4) is 0 Å². The van der Waals surface area contributed by atoms with Gasteiger partial charge < -0.3 is 4.57 Å². The van der Waals surface area contributed by atoms with Crippen molar-refractivity contribution in [3.05, 3.63) is 64.7 Å². The van der Waals surface area contributed by atoms with Crippen molar-refractivity contribution in [1.82, 2.24) is 14.5 Å². The second-order valence-corrected chi connectivity index (χ2v) is 8.07. The molecule has 122 valence electrons. The molecule has 0 amide bonds. The van der Waals surface area contributed by atoms with Crippen LogP contribution in [-0.2, 0) is 19.5 Å². The number of hydrogen-bond acceptors (Lipinski definition) is 3. The maximum absolute atomic E-state index is 4.74. The molecule has 0 radical (unpaired) electrons. The van der Waals surface area contributed by atoms with Crippen molar-refractivity contribution < 1.29 is 0 Å². The van der Waals surface area contributed by atoms with Crippen LogP contribution >= 0.6 is 11.3 Å². The van der Waals surface area contributed by atoms with Crippen molar-refractivity contribution in [3.63, 3.8) is 0 Å². The number of fused-ring (bicyclic) bond motifs is 2. The van der Waals surface area contributed by atoms with Crippen molar-refractivity contribution in [2.45, 2.75) is 19.5 Å². The molecule has 2 aromatic heterocycles. The Morgan fingerprint density at radius 1 is 1.00 bits per heavy atom. The fourth-order valence-corrected chi connectivity index (χ4v) is 5.06. The van der Waals surface area contributed by atoms with E-state index in [1.54, 1.807) is 0 Å². The maximum Gasteiger partial charge on any atom is 0.109 e. The molecule has 2 aliphatic heterocycles. The number of benzene rings is 1. The van der Waals surface area contributed by atoms with Crippen LogP contribution in [0.2, 0.25) is 0 Å². The Hall–Kier alpha value is -1.91. The van der Waals surface area contributed by atoms with E-state index in [2.05, 4.69) is 63.5 Å². The summed E-state index contributed by atoms with van der Waals surface area (Å²) in [7, 11) is 0. The molecule has 3 aromatic rings. The highest BCUT2D eigenvalue weighted by molar-refractivity contribution is 7.09. The molecule has 0 aliphatic carbocycles. The van der Waals surface area contributed by atoms with Crippen molar-refractivity contribution >= 4 is 11.3 Å². The number of nitrogens with zero attached hydrogens (tertiary/aromatic N) is 3. The number of likely N-dealkylation sites (tertiary alicyclic amines) is 1. The van der Waals surface area contributed by atoms with Gasteiger partial charge in [0.1, 0.15) is 5.82 Å². The second kappa shape index (κ2) is 5.87. The predicted octanol–water partition coefficient (Wildman–Crippen LogP) is 3.92. The number of aromatic nitrogens is 2. The van der Waals surface area contributed by atoms with Gasteiger partial charge in [-0.25, -0.2) is 4.98 Å². The zero-order chi connectivity index (χ0) is 15.9. The topological polar surface area (TPSA) is 21.1 Å². The summed E-state index contributed by atoms with van der Waals surface area (Å²) in [5.41, 5.74) is 2.56. The van der Waals surface area contributed by atoms with E-state index >= 15 is 0 Å². The van der Waals surface area contributed by atoms with E-state index in [9.17, 15) is 0 Å².